The molecule has 1 unspecified atom stereocenters. The lowest BCUT2D eigenvalue weighted by atomic mass is 10.0. The second-order valence-corrected chi connectivity index (χ2v) is 6.05. The number of amides is 1. The van der Waals surface area contributed by atoms with E-state index in [2.05, 4.69) is 4.90 Å². The number of nitrogens with zero attached hydrogens (tertiary/aromatic N) is 3. The highest BCUT2D eigenvalue weighted by Crippen LogP contribution is 2.21. The van der Waals surface area contributed by atoms with Crippen molar-refractivity contribution in [2.24, 2.45) is 5.92 Å². The quantitative estimate of drug-likeness (QED) is 0.627. The van der Waals surface area contributed by atoms with Crippen molar-refractivity contribution >= 4 is 23.3 Å². The number of hydrogen-bond acceptors (Lipinski definition) is 5. The van der Waals surface area contributed by atoms with Crippen LogP contribution in [0.5, 0.6) is 0 Å². The Morgan fingerprint density at radius 3 is 2.25 bits per heavy atom. The lowest BCUT2D eigenvalue weighted by molar-refractivity contribution is -0.384. The van der Waals surface area contributed by atoms with Crippen LogP contribution in [0.15, 0.2) is 24.3 Å². The monoisotopic (exact) mass is 335 g/mol. The summed E-state index contributed by atoms with van der Waals surface area (Å²) in [6, 6.07) is 6.37. The van der Waals surface area contributed by atoms with E-state index in [0.717, 1.165) is 5.69 Å². The van der Waals surface area contributed by atoms with E-state index in [9.17, 15) is 19.7 Å². The molecular weight excluding hydrogens is 314 g/mol. The fourth-order valence-electron chi connectivity index (χ4n) is 2.80. The zero-order valence-corrected chi connectivity index (χ0v) is 13.6. The van der Waals surface area contributed by atoms with E-state index in [1.54, 1.807) is 24.0 Å². The topological polar surface area (TPSA) is 104 Å². The lowest BCUT2D eigenvalue weighted by Crippen LogP contribution is -2.49. The number of carboxylic acid groups (broad SMARTS) is 1. The Hall–Kier alpha value is -2.64. The molecule has 1 saturated heterocycles. The molecule has 0 bridgehead atoms. The Morgan fingerprint density at radius 2 is 1.75 bits per heavy atom. The number of carboxylic acids is 1. The van der Waals surface area contributed by atoms with Crippen LogP contribution in [0.4, 0.5) is 11.4 Å². The second kappa shape index (κ2) is 7.76. The van der Waals surface area contributed by atoms with E-state index >= 15 is 0 Å². The van der Waals surface area contributed by atoms with Gasteiger partial charge in [-0.15, -0.1) is 0 Å². The van der Waals surface area contributed by atoms with E-state index < -0.39 is 10.9 Å². The average molecular weight is 335 g/mol. The highest BCUT2D eigenvalue weighted by atomic mass is 16.6. The molecular formula is C16H21N3O5. The van der Waals surface area contributed by atoms with Crippen LogP contribution in [0.2, 0.25) is 0 Å². The summed E-state index contributed by atoms with van der Waals surface area (Å²) in [5.74, 6) is -1.09. The van der Waals surface area contributed by atoms with Gasteiger partial charge in [0.1, 0.15) is 0 Å². The van der Waals surface area contributed by atoms with Crippen molar-refractivity contribution in [3.63, 3.8) is 0 Å². The molecule has 0 saturated carbocycles. The van der Waals surface area contributed by atoms with Crippen molar-refractivity contribution in [2.45, 2.75) is 19.8 Å². The van der Waals surface area contributed by atoms with E-state index in [4.69, 9.17) is 5.11 Å². The fraction of sp³-hybridized carbons (Fsp3) is 0.500. The summed E-state index contributed by atoms with van der Waals surface area (Å²) < 4.78 is 0. The summed E-state index contributed by atoms with van der Waals surface area (Å²) in [5.41, 5.74) is 0.951. The molecule has 1 heterocycles. The second-order valence-electron chi connectivity index (χ2n) is 6.05. The van der Waals surface area contributed by atoms with Gasteiger partial charge in [-0.3, -0.25) is 19.7 Å². The minimum Gasteiger partial charge on any atom is -0.481 e. The van der Waals surface area contributed by atoms with Gasteiger partial charge in [-0.2, -0.15) is 0 Å². The Balaban J connectivity index is 1.85. The van der Waals surface area contributed by atoms with Gasteiger partial charge in [-0.1, -0.05) is 6.92 Å². The van der Waals surface area contributed by atoms with Crippen molar-refractivity contribution in [3.05, 3.63) is 34.4 Å². The van der Waals surface area contributed by atoms with Crippen LogP contribution in [0.3, 0.4) is 0 Å². The van der Waals surface area contributed by atoms with Gasteiger partial charge >= 0.3 is 5.97 Å². The Kier molecular flexibility index (Phi) is 5.73. The zero-order valence-electron chi connectivity index (χ0n) is 13.6. The molecule has 8 nitrogen and oxygen atoms in total. The van der Waals surface area contributed by atoms with Gasteiger partial charge in [-0.25, -0.2) is 0 Å². The summed E-state index contributed by atoms with van der Waals surface area (Å²) in [6.45, 7) is 4.19. The molecule has 1 amide bonds. The van der Waals surface area contributed by atoms with Gasteiger partial charge < -0.3 is 14.9 Å². The van der Waals surface area contributed by atoms with Crippen molar-refractivity contribution in [2.75, 3.05) is 31.1 Å². The number of carbonyl (C=O) groups is 2. The number of piperazine rings is 1. The summed E-state index contributed by atoms with van der Waals surface area (Å²) in [7, 11) is 0. The van der Waals surface area contributed by atoms with E-state index in [0.29, 0.717) is 26.2 Å². The summed E-state index contributed by atoms with van der Waals surface area (Å²) in [4.78, 5) is 36.9. The van der Waals surface area contributed by atoms with Gasteiger partial charge in [0.2, 0.25) is 5.91 Å². The predicted molar refractivity (Wildman–Crippen MR) is 87.9 cm³/mol. The molecule has 1 aliphatic rings. The number of carbonyl (C=O) groups excluding carboxylic acids is 1. The first-order chi connectivity index (χ1) is 11.4. The van der Waals surface area contributed by atoms with Gasteiger partial charge in [0, 0.05) is 56.8 Å². The molecule has 8 heteroatoms. The number of nitro benzene ring substituents is 1. The SMILES string of the molecule is CC(CC(=O)O)CC(=O)N1CCN(c2ccc([N+](=O)[O-])cc2)CC1. The van der Waals surface area contributed by atoms with Gasteiger partial charge in [0.15, 0.2) is 0 Å². The molecule has 24 heavy (non-hydrogen) atoms. The minimum absolute atomic E-state index is 0.00546. The number of nitro groups is 1. The third-order valence-corrected chi connectivity index (χ3v) is 4.10. The first kappa shape index (κ1) is 17.7. The zero-order chi connectivity index (χ0) is 17.7. The molecule has 1 aliphatic heterocycles. The largest absolute Gasteiger partial charge is 0.481 e. The van der Waals surface area contributed by atoms with Crippen LogP contribution >= 0.6 is 0 Å². The highest BCUT2D eigenvalue weighted by molar-refractivity contribution is 5.77. The first-order valence-electron chi connectivity index (χ1n) is 7.86. The van der Waals surface area contributed by atoms with Crippen LogP contribution in [-0.2, 0) is 9.59 Å². The van der Waals surface area contributed by atoms with Crippen LogP contribution < -0.4 is 4.90 Å². The molecule has 1 aromatic carbocycles. The van der Waals surface area contributed by atoms with Crippen LogP contribution in [0, 0.1) is 16.0 Å². The van der Waals surface area contributed by atoms with Crippen LogP contribution in [0.25, 0.3) is 0 Å². The Morgan fingerprint density at radius 1 is 1.17 bits per heavy atom. The van der Waals surface area contributed by atoms with Gasteiger partial charge in [0.05, 0.1) is 4.92 Å². The predicted octanol–water partition coefficient (Wildman–Crippen LogP) is 1.74. The van der Waals surface area contributed by atoms with Crippen molar-refractivity contribution in [1.82, 2.24) is 4.90 Å². The smallest absolute Gasteiger partial charge is 0.303 e. The van der Waals surface area contributed by atoms with E-state index in [-0.39, 0.29) is 30.4 Å². The molecule has 0 spiro atoms. The molecule has 1 aromatic rings. The lowest BCUT2D eigenvalue weighted by Gasteiger charge is -2.36. The third-order valence-electron chi connectivity index (χ3n) is 4.10. The molecule has 0 radical (unpaired) electrons. The molecule has 0 aromatic heterocycles. The maximum atomic E-state index is 12.2. The molecule has 1 atom stereocenters. The fourth-order valence-corrected chi connectivity index (χ4v) is 2.80. The van der Waals surface area contributed by atoms with E-state index in [1.165, 1.54) is 12.1 Å². The minimum atomic E-state index is -0.890. The maximum Gasteiger partial charge on any atom is 0.303 e. The van der Waals surface area contributed by atoms with Crippen LogP contribution in [-0.4, -0.2) is 53.0 Å². The van der Waals surface area contributed by atoms with Gasteiger partial charge in [0.25, 0.3) is 5.69 Å². The Labute approximate surface area is 139 Å². The summed E-state index contributed by atoms with van der Waals surface area (Å²) >= 11 is 0. The Bertz CT molecular complexity index is 609. The number of anilines is 1. The normalized spacial score (nSPS) is 15.9. The van der Waals surface area contributed by atoms with E-state index in [1.807, 2.05) is 0 Å². The van der Waals surface area contributed by atoms with Gasteiger partial charge in [-0.05, 0) is 18.1 Å². The highest BCUT2D eigenvalue weighted by Gasteiger charge is 2.23. The number of rotatable bonds is 6. The molecule has 2 rings (SSSR count). The van der Waals surface area contributed by atoms with Crippen LogP contribution in [0.1, 0.15) is 19.8 Å². The van der Waals surface area contributed by atoms with Crippen molar-refractivity contribution in [1.29, 1.82) is 0 Å². The number of non-ortho nitro benzene ring substituents is 1. The first-order valence-corrected chi connectivity index (χ1v) is 7.86. The van der Waals surface area contributed by atoms with Crippen molar-refractivity contribution < 1.29 is 19.6 Å². The molecule has 1 fully saturated rings. The number of aliphatic carboxylic acids is 1. The summed E-state index contributed by atoms with van der Waals surface area (Å²) in [5, 5.41) is 19.4. The molecule has 1 N–H and O–H groups in total. The average Bonchev–Trinajstić information content (AvgIpc) is 2.54. The summed E-state index contributed by atoms with van der Waals surface area (Å²) in [6.07, 6.45) is 0.234. The number of hydrogen-bond donors (Lipinski definition) is 1. The maximum absolute atomic E-state index is 12.2. The standard InChI is InChI=1S/C16H21N3O5/c1-12(11-16(21)22)10-15(20)18-8-6-17(7-9-18)13-2-4-14(5-3-13)19(23)24/h2-5,12H,6-11H2,1H3,(H,21,22). The van der Waals surface area contributed by atoms with Crippen molar-refractivity contribution in [3.8, 4) is 0 Å². The molecule has 130 valence electrons. The third kappa shape index (κ3) is 4.68. The number of benzene rings is 1. The molecule has 0 aliphatic carbocycles.